The molecule has 1 N–H and O–H groups in total. The van der Waals surface area contributed by atoms with Gasteiger partial charge in [-0.05, 0) is 42.5 Å². The molecule has 2 aromatic rings. The number of sulfonamides is 1. The van der Waals surface area contributed by atoms with E-state index in [2.05, 4.69) is 4.72 Å². The molecule has 0 spiro atoms. The summed E-state index contributed by atoms with van der Waals surface area (Å²) < 4.78 is 42.2. The van der Waals surface area contributed by atoms with E-state index in [1.807, 2.05) is 13.8 Å². The van der Waals surface area contributed by atoms with Gasteiger partial charge in [0, 0.05) is 22.2 Å². The molecule has 0 atom stereocenters. The Morgan fingerprint density at radius 3 is 2.50 bits per heavy atom. The maximum Gasteiger partial charge on any atom is 0.240 e. The third-order valence-electron chi connectivity index (χ3n) is 4.09. The zero-order valence-electron chi connectivity index (χ0n) is 13.5. The van der Waals surface area contributed by atoms with Crippen LogP contribution in [0.15, 0.2) is 41.3 Å². The fraction of sp³-hybridized carbons (Fsp3) is 0.333. The van der Waals surface area contributed by atoms with Crippen molar-refractivity contribution in [3.63, 3.8) is 0 Å². The second kappa shape index (κ2) is 6.47. The van der Waals surface area contributed by atoms with Crippen LogP contribution < -0.4 is 4.72 Å². The number of halogens is 2. The quantitative estimate of drug-likeness (QED) is 0.831. The molecule has 3 rings (SSSR count). The van der Waals surface area contributed by atoms with Crippen LogP contribution in [0.3, 0.4) is 0 Å². The van der Waals surface area contributed by atoms with Crippen LogP contribution in [0, 0.1) is 5.82 Å². The maximum atomic E-state index is 14.8. The van der Waals surface area contributed by atoms with Crippen molar-refractivity contribution in [3.8, 4) is 11.1 Å². The molecule has 0 aliphatic heterocycles. The van der Waals surface area contributed by atoms with Gasteiger partial charge in [0.25, 0.3) is 0 Å². The predicted octanol–water partition coefficient (Wildman–Crippen LogP) is 4.71. The molecule has 0 bridgehead atoms. The standard InChI is InChI=1S/C18H19ClFNO2S/c1-11(2)14-4-3-5-15(18(14)20)16-10-13(8-9-17(16)19)24(22,23)21-12-6-7-12/h3-5,8-12,21H,6-7H2,1-2H3. The summed E-state index contributed by atoms with van der Waals surface area (Å²) in [4.78, 5) is 0.100. The highest BCUT2D eigenvalue weighted by atomic mass is 35.5. The van der Waals surface area contributed by atoms with Crippen LogP contribution in [0.4, 0.5) is 4.39 Å². The Morgan fingerprint density at radius 1 is 1.17 bits per heavy atom. The largest absolute Gasteiger partial charge is 0.240 e. The molecule has 6 heteroatoms. The van der Waals surface area contributed by atoms with E-state index >= 15 is 0 Å². The summed E-state index contributed by atoms with van der Waals surface area (Å²) in [6.45, 7) is 3.81. The van der Waals surface area contributed by atoms with Crippen LogP contribution in [0.2, 0.25) is 5.02 Å². The molecular formula is C18H19ClFNO2S. The van der Waals surface area contributed by atoms with Gasteiger partial charge < -0.3 is 0 Å². The molecular weight excluding hydrogens is 349 g/mol. The highest BCUT2D eigenvalue weighted by molar-refractivity contribution is 7.89. The Labute approximate surface area is 146 Å². The third-order valence-corrected chi connectivity index (χ3v) is 5.94. The van der Waals surface area contributed by atoms with Gasteiger partial charge in [-0.1, -0.05) is 43.6 Å². The van der Waals surface area contributed by atoms with Crippen molar-refractivity contribution in [1.29, 1.82) is 0 Å². The van der Waals surface area contributed by atoms with E-state index in [-0.39, 0.29) is 22.7 Å². The molecule has 1 fully saturated rings. The fourth-order valence-electron chi connectivity index (χ4n) is 2.57. The van der Waals surface area contributed by atoms with Gasteiger partial charge in [-0.25, -0.2) is 17.5 Å². The molecule has 24 heavy (non-hydrogen) atoms. The second-order valence-corrected chi connectivity index (χ2v) is 8.52. The van der Waals surface area contributed by atoms with Gasteiger partial charge in [0.05, 0.1) is 4.90 Å². The number of nitrogens with one attached hydrogen (secondary N) is 1. The summed E-state index contributed by atoms with van der Waals surface area (Å²) >= 11 is 6.22. The van der Waals surface area contributed by atoms with E-state index in [1.165, 1.54) is 18.2 Å². The lowest BCUT2D eigenvalue weighted by Gasteiger charge is -2.14. The number of hydrogen-bond donors (Lipinski definition) is 1. The summed E-state index contributed by atoms with van der Waals surface area (Å²) in [6, 6.07) is 9.50. The first kappa shape index (κ1) is 17.4. The maximum absolute atomic E-state index is 14.8. The average Bonchev–Trinajstić information content (AvgIpc) is 3.31. The normalized spacial score (nSPS) is 15.0. The number of benzene rings is 2. The van der Waals surface area contributed by atoms with Gasteiger partial charge in [-0.15, -0.1) is 0 Å². The summed E-state index contributed by atoms with van der Waals surface area (Å²) in [7, 11) is -3.61. The first-order chi connectivity index (χ1) is 11.3. The van der Waals surface area contributed by atoms with Crippen LogP contribution in [0.5, 0.6) is 0 Å². The van der Waals surface area contributed by atoms with Gasteiger partial charge in [-0.3, -0.25) is 0 Å². The third kappa shape index (κ3) is 3.48. The number of rotatable bonds is 5. The minimum absolute atomic E-state index is 0.00938. The zero-order chi connectivity index (χ0) is 17.5. The topological polar surface area (TPSA) is 46.2 Å². The van der Waals surface area contributed by atoms with Crippen molar-refractivity contribution in [3.05, 3.63) is 52.8 Å². The molecule has 1 saturated carbocycles. The Balaban J connectivity index is 2.09. The minimum atomic E-state index is -3.61. The molecule has 0 saturated heterocycles. The van der Waals surface area contributed by atoms with Gasteiger partial charge in [0.2, 0.25) is 10.0 Å². The number of hydrogen-bond acceptors (Lipinski definition) is 2. The van der Waals surface area contributed by atoms with Gasteiger partial charge >= 0.3 is 0 Å². The first-order valence-electron chi connectivity index (χ1n) is 7.90. The van der Waals surface area contributed by atoms with E-state index in [1.54, 1.807) is 18.2 Å². The van der Waals surface area contributed by atoms with E-state index in [4.69, 9.17) is 11.6 Å². The zero-order valence-corrected chi connectivity index (χ0v) is 15.1. The Morgan fingerprint density at radius 2 is 1.88 bits per heavy atom. The molecule has 0 unspecified atom stereocenters. The van der Waals surface area contributed by atoms with E-state index in [0.29, 0.717) is 21.7 Å². The minimum Gasteiger partial charge on any atom is -0.208 e. The Hall–Kier alpha value is -1.43. The van der Waals surface area contributed by atoms with Crippen LogP contribution in [0.25, 0.3) is 11.1 Å². The van der Waals surface area contributed by atoms with E-state index < -0.39 is 10.0 Å². The Bertz CT molecular complexity index is 877. The Kier molecular flexibility index (Phi) is 4.69. The van der Waals surface area contributed by atoms with Crippen LogP contribution in [0.1, 0.15) is 38.2 Å². The fourth-order valence-corrected chi connectivity index (χ4v) is 4.12. The molecule has 3 nitrogen and oxygen atoms in total. The lowest BCUT2D eigenvalue weighted by atomic mass is 9.96. The van der Waals surface area contributed by atoms with Crippen LogP contribution in [-0.2, 0) is 10.0 Å². The molecule has 0 amide bonds. The van der Waals surface area contributed by atoms with Crippen molar-refractivity contribution in [2.45, 2.75) is 43.5 Å². The second-order valence-electron chi connectivity index (χ2n) is 6.40. The van der Waals surface area contributed by atoms with Gasteiger partial charge in [0.15, 0.2) is 0 Å². The molecule has 1 aliphatic rings. The smallest absolute Gasteiger partial charge is 0.208 e. The molecule has 1 aliphatic carbocycles. The predicted molar refractivity (Wildman–Crippen MR) is 94.3 cm³/mol. The van der Waals surface area contributed by atoms with Crippen molar-refractivity contribution in [2.75, 3.05) is 0 Å². The van der Waals surface area contributed by atoms with Crippen LogP contribution >= 0.6 is 11.6 Å². The first-order valence-corrected chi connectivity index (χ1v) is 9.76. The van der Waals surface area contributed by atoms with Crippen molar-refractivity contribution in [2.24, 2.45) is 0 Å². The van der Waals surface area contributed by atoms with Crippen LogP contribution in [-0.4, -0.2) is 14.5 Å². The highest BCUT2D eigenvalue weighted by Crippen LogP contribution is 2.35. The summed E-state index contributed by atoms with van der Waals surface area (Å²) in [5.41, 5.74) is 1.28. The van der Waals surface area contributed by atoms with Gasteiger partial charge in [0.1, 0.15) is 5.82 Å². The van der Waals surface area contributed by atoms with E-state index in [0.717, 1.165) is 12.8 Å². The van der Waals surface area contributed by atoms with Crippen molar-refractivity contribution in [1.82, 2.24) is 4.72 Å². The molecule has 2 aromatic carbocycles. The molecule has 0 aromatic heterocycles. The lowest BCUT2D eigenvalue weighted by Crippen LogP contribution is -2.25. The lowest BCUT2D eigenvalue weighted by molar-refractivity contribution is 0.581. The van der Waals surface area contributed by atoms with E-state index in [9.17, 15) is 12.8 Å². The highest BCUT2D eigenvalue weighted by Gasteiger charge is 2.28. The molecule has 128 valence electrons. The summed E-state index contributed by atoms with van der Waals surface area (Å²) in [5, 5.41) is 0.320. The monoisotopic (exact) mass is 367 g/mol. The molecule has 0 radical (unpaired) electrons. The van der Waals surface area contributed by atoms with Crippen molar-refractivity contribution >= 4 is 21.6 Å². The average molecular weight is 368 g/mol. The summed E-state index contributed by atoms with van der Waals surface area (Å²) in [5.74, 6) is -0.341. The van der Waals surface area contributed by atoms with Crippen molar-refractivity contribution < 1.29 is 12.8 Å². The summed E-state index contributed by atoms with van der Waals surface area (Å²) in [6.07, 6.45) is 1.70. The SMILES string of the molecule is CC(C)c1cccc(-c2cc(S(=O)(=O)NC3CC3)ccc2Cl)c1F. The molecule has 0 heterocycles. The van der Waals surface area contributed by atoms with Gasteiger partial charge in [-0.2, -0.15) is 0 Å².